The summed E-state index contributed by atoms with van der Waals surface area (Å²) < 4.78 is 0. The highest BCUT2D eigenvalue weighted by Gasteiger charge is 2.28. The van der Waals surface area contributed by atoms with Crippen LogP contribution in [0.5, 0.6) is 0 Å². The molecular weight excluding hydrogens is 210 g/mol. The van der Waals surface area contributed by atoms with Crippen LogP contribution in [0, 0.1) is 25.2 Å². The number of anilines is 1. The van der Waals surface area contributed by atoms with Crippen LogP contribution >= 0.6 is 0 Å². The van der Waals surface area contributed by atoms with Crippen LogP contribution in [0.3, 0.4) is 0 Å². The zero-order valence-corrected chi connectivity index (χ0v) is 10.7. The Morgan fingerprint density at radius 1 is 1.29 bits per heavy atom. The molecule has 3 heteroatoms. The first kappa shape index (κ1) is 11.5. The summed E-state index contributed by atoms with van der Waals surface area (Å²) in [5, 5.41) is 9.21. The summed E-state index contributed by atoms with van der Waals surface area (Å²) in [4.78, 5) is 4.14. The summed E-state index contributed by atoms with van der Waals surface area (Å²) in [5.74, 6) is 0. The number of benzene rings is 1. The van der Waals surface area contributed by atoms with Crippen molar-refractivity contribution < 1.29 is 0 Å². The molecule has 2 rings (SSSR count). The van der Waals surface area contributed by atoms with Gasteiger partial charge in [0.05, 0.1) is 0 Å². The maximum Gasteiger partial charge on any atom is 0.138 e. The highest BCUT2D eigenvalue weighted by molar-refractivity contribution is 5.63. The summed E-state index contributed by atoms with van der Waals surface area (Å²) in [6.07, 6.45) is 2.08. The van der Waals surface area contributed by atoms with Crippen molar-refractivity contribution in [3.8, 4) is 6.07 Å². The van der Waals surface area contributed by atoms with E-state index in [4.69, 9.17) is 0 Å². The smallest absolute Gasteiger partial charge is 0.138 e. The van der Waals surface area contributed by atoms with Crippen molar-refractivity contribution in [1.29, 1.82) is 5.26 Å². The number of aryl methyl sites for hydroxylation is 2. The summed E-state index contributed by atoms with van der Waals surface area (Å²) in [6.45, 7) is 6.25. The van der Waals surface area contributed by atoms with E-state index in [0.717, 1.165) is 5.69 Å². The Balaban J connectivity index is 2.50. The Hall–Kier alpha value is -1.95. The van der Waals surface area contributed by atoms with E-state index in [9.17, 15) is 5.26 Å². The molecule has 0 fully saturated rings. The molecule has 88 valence electrons. The molecule has 0 N–H and O–H groups in total. The molecule has 1 aromatic rings. The molecule has 0 aromatic heterocycles. The Morgan fingerprint density at radius 3 is 2.65 bits per heavy atom. The third kappa shape index (κ3) is 1.87. The minimum Gasteiger partial charge on any atom is -0.358 e. The van der Waals surface area contributed by atoms with Gasteiger partial charge in [0.25, 0.3) is 0 Å². The van der Waals surface area contributed by atoms with E-state index in [2.05, 4.69) is 54.8 Å². The zero-order chi connectivity index (χ0) is 12.6. The van der Waals surface area contributed by atoms with Crippen LogP contribution in [-0.4, -0.2) is 18.1 Å². The minimum absolute atomic E-state index is 0.185. The van der Waals surface area contributed by atoms with Gasteiger partial charge in [0.15, 0.2) is 0 Å². The lowest BCUT2D eigenvalue weighted by Gasteiger charge is -2.29. The van der Waals surface area contributed by atoms with E-state index in [0.29, 0.717) is 5.70 Å². The molecule has 17 heavy (non-hydrogen) atoms. The van der Waals surface area contributed by atoms with E-state index in [-0.39, 0.29) is 6.17 Å². The van der Waals surface area contributed by atoms with Gasteiger partial charge in [-0.1, -0.05) is 12.1 Å². The topological polar surface area (TPSA) is 30.3 Å². The summed E-state index contributed by atoms with van der Waals surface area (Å²) in [5.41, 5.74) is 4.23. The molecule has 0 unspecified atom stereocenters. The highest BCUT2D eigenvalue weighted by Crippen LogP contribution is 2.31. The van der Waals surface area contributed by atoms with Gasteiger partial charge in [-0.3, -0.25) is 0 Å². The van der Waals surface area contributed by atoms with E-state index in [1.165, 1.54) is 11.1 Å². The molecule has 1 heterocycles. The van der Waals surface area contributed by atoms with Crippen LogP contribution in [-0.2, 0) is 0 Å². The second kappa shape index (κ2) is 4.14. The predicted molar refractivity (Wildman–Crippen MR) is 69.3 cm³/mol. The molecule has 1 aliphatic rings. The molecule has 0 aliphatic carbocycles. The minimum atomic E-state index is 0.185. The SMILES string of the molecule is Cc1ccc(C)c(N2C(C#N)=CN(C)[C@@H]2C)c1. The molecule has 0 radical (unpaired) electrons. The molecule has 0 amide bonds. The maximum absolute atomic E-state index is 9.21. The lowest BCUT2D eigenvalue weighted by Crippen LogP contribution is -2.35. The van der Waals surface area contributed by atoms with E-state index in [1.54, 1.807) is 0 Å². The van der Waals surface area contributed by atoms with Gasteiger partial charge in [-0.05, 0) is 38.0 Å². The van der Waals surface area contributed by atoms with Crippen molar-refractivity contribution in [2.75, 3.05) is 11.9 Å². The fraction of sp³-hybridized carbons (Fsp3) is 0.357. The van der Waals surface area contributed by atoms with Crippen LogP contribution in [0.15, 0.2) is 30.1 Å². The molecule has 1 atom stereocenters. The number of hydrogen-bond acceptors (Lipinski definition) is 3. The molecule has 1 aromatic carbocycles. The molecule has 0 saturated heterocycles. The number of hydrogen-bond donors (Lipinski definition) is 0. The van der Waals surface area contributed by atoms with Gasteiger partial charge in [0.1, 0.15) is 17.9 Å². The van der Waals surface area contributed by atoms with Gasteiger partial charge in [0, 0.05) is 18.9 Å². The van der Waals surface area contributed by atoms with Gasteiger partial charge < -0.3 is 9.80 Å². The van der Waals surface area contributed by atoms with Crippen molar-refractivity contribution >= 4 is 5.69 Å². The van der Waals surface area contributed by atoms with Crippen LogP contribution in [0.1, 0.15) is 18.1 Å². The monoisotopic (exact) mass is 227 g/mol. The van der Waals surface area contributed by atoms with Crippen molar-refractivity contribution in [3.63, 3.8) is 0 Å². The number of nitriles is 1. The molecule has 3 nitrogen and oxygen atoms in total. The van der Waals surface area contributed by atoms with E-state index >= 15 is 0 Å². The zero-order valence-electron chi connectivity index (χ0n) is 10.7. The number of nitrogens with zero attached hydrogens (tertiary/aromatic N) is 3. The van der Waals surface area contributed by atoms with Crippen LogP contribution in [0.2, 0.25) is 0 Å². The van der Waals surface area contributed by atoms with Crippen LogP contribution < -0.4 is 4.90 Å². The first-order valence-electron chi connectivity index (χ1n) is 5.75. The van der Waals surface area contributed by atoms with Gasteiger partial charge in [-0.15, -0.1) is 0 Å². The maximum atomic E-state index is 9.21. The van der Waals surface area contributed by atoms with Crippen LogP contribution in [0.4, 0.5) is 5.69 Å². The normalized spacial score (nSPS) is 19.2. The lowest BCUT2D eigenvalue weighted by atomic mass is 10.1. The third-order valence-corrected chi connectivity index (χ3v) is 3.29. The highest BCUT2D eigenvalue weighted by atomic mass is 15.4. The Morgan fingerprint density at radius 2 is 2.00 bits per heavy atom. The van der Waals surface area contributed by atoms with Crippen molar-refractivity contribution in [2.24, 2.45) is 0 Å². The second-order valence-corrected chi connectivity index (χ2v) is 4.58. The fourth-order valence-corrected chi connectivity index (χ4v) is 2.14. The van der Waals surface area contributed by atoms with E-state index in [1.807, 2.05) is 13.2 Å². The number of rotatable bonds is 1. The molecule has 0 spiro atoms. The Labute approximate surface area is 103 Å². The number of allylic oxidation sites excluding steroid dienone is 1. The first-order chi connectivity index (χ1) is 8.04. The second-order valence-electron chi connectivity index (χ2n) is 4.58. The van der Waals surface area contributed by atoms with E-state index < -0.39 is 0 Å². The summed E-state index contributed by atoms with van der Waals surface area (Å²) >= 11 is 0. The Bertz CT molecular complexity index is 511. The first-order valence-corrected chi connectivity index (χ1v) is 5.75. The molecule has 0 saturated carbocycles. The predicted octanol–water partition coefficient (Wildman–Crippen LogP) is 2.77. The fourth-order valence-electron chi connectivity index (χ4n) is 2.14. The molecule has 1 aliphatic heterocycles. The molecule has 0 bridgehead atoms. The molecular formula is C14H17N3. The Kier molecular flexibility index (Phi) is 2.81. The standard InChI is InChI=1S/C14H17N3/c1-10-5-6-11(2)14(7-10)17-12(3)16(4)9-13(17)8-15/h5-7,9,12H,1-4H3/t12-/m0/s1. The van der Waals surface area contributed by atoms with Crippen LogP contribution in [0.25, 0.3) is 0 Å². The van der Waals surface area contributed by atoms with Crippen molar-refractivity contribution in [1.82, 2.24) is 4.90 Å². The van der Waals surface area contributed by atoms with Gasteiger partial charge >= 0.3 is 0 Å². The van der Waals surface area contributed by atoms with Gasteiger partial charge in [-0.25, -0.2) is 0 Å². The lowest BCUT2D eigenvalue weighted by molar-refractivity contribution is 0.382. The largest absolute Gasteiger partial charge is 0.358 e. The third-order valence-electron chi connectivity index (χ3n) is 3.29. The quantitative estimate of drug-likeness (QED) is 0.739. The average Bonchev–Trinajstić information content (AvgIpc) is 2.59. The van der Waals surface area contributed by atoms with Gasteiger partial charge in [-0.2, -0.15) is 5.26 Å². The average molecular weight is 227 g/mol. The van der Waals surface area contributed by atoms with Gasteiger partial charge in [0.2, 0.25) is 0 Å². The summed E-state index contributed by atoms with van der Waals surface area (Å²) in [6, 6.07) is 8.60. The van der Waals surface area contributed by atoms with Crippen molar-refractivity contribution in [2.45, 2.75) is 26.9 Å². The summed E-state index contributed by atoms with van der Waals surface area (Å²) in [7, 11) is 1.99. The van der Waals surface area contributed by atoms with Crippen molar-refractivity contribution in [3.05, 3.63) is 41.2 Å².